The zero-order valence-corrected chi connectivity index (χ0v) is 10.9. The number of rotatable bonds is 5. The third-order valence-electron chi connectivity index (χ3n) is 1.99. The molecule has 1 amide bonds. The van der Waals surface area contributed by atoms with E-state index in [1.807, 2.05) is 0 Å². The van der Waals surface area contributed by atoms with Crippen molar-refractivity contribution in [3.05, 3.63) is 0 Å². The van der Waals surface area contributed by atoms with Crippen molar-refractivity contribution in [1.82, 2.24) is 5.32 Å². The van der Waals surface area contributed by atoms with Crippen LogP contribution >= 0.6 is 15.9 Å². The molecule has 0 radical (unpaired) electrons. The SMILES string of the molecule is CC(Br)CCCNC(=O)C(C(F)(F)F)C(F)(F)F. The quantitative estimate of drug-likeness (QED) is 0.462. The highest BCUT2D eigenvalue weighted by Crippen LogP contribution is 2.39. The lowest BCUT2D eigenvalue weighted by Crippen LogP contribution is -2.48. The number of halogens is 7. The highest BCUT2D eigenvalue weighted by Gasteiger charge is 2.60. The molecule has 1 atom stereocenters. The van der Waals surface area contributed by atoms with E-state index < -0.39 is 24.2 Å². The Morgan fingerprint density at radius 2 is 1.61 bits per heavy atom. The first-order chi connectivity index (χ1) is 7.96. The summed E-state index contributed by atoms with van der Waals surface area (Å²) in [7, 11) is 0. The molecule has 0 aromatic heterocycles. The maximum Gasteiger partial charge on any atom is 0.409 e. The minimum Gasteiger partial charge on any atom is -0.355 e. The average Bonchev–Trinajstić information content (AvgIpc) is 2.06. The van der Waals surface area contributed by atoms with Gasteiger partial charge in [-0.15, -0.1) is 0 Å². The summed E-state index contributed by atoms with van der Waals surface area (Å²) in [6.45, 7) is 1.55. The molecule has 0 spiro atoms. The fourth-order valence-electron chi connectivity index (χ4n) is 1.18. The van der Waals surface area contributed by atoms with E-state index in [9.17, 15) is 31.1 Å². The van der Waals surface area contributed by atoms with Gasteiger partial charge >= 0.3 is 12.4 Å². The average molecular weight is 344 g/mol. The van der Waals surface area contributed by atoms with E-state index in [2.05, 4.69) is 15.9 Å². The zero-order valence-electron chi connectivity index (χ0n) is 9.33. The Morgan fingerprint density at radius 3 is 1.94 bits per heavy atom. The van der Waals surface area contributed by atoms with Gasteiger partial charge in [0.25, 0.3) is 0 Å². The monoisotopic (exact) mass is 343 g/mol. The van der Waals surface area contributed by atoms with Gasteiger partial charge in [-0.05, 0) is 12.8 Å². The summed E-state index contributed by atoms with van der Waals surface area (Å²) in [5.41, 5.74) is 0. The molecule has 0 bridgehead atoms. The molecule has 0 fully saturated rings. The van der Waals surface area contributed by atoms with E-state index >= 15 is 0 Å². The van der Waals surface area contributed by atoms with Crippen LogP contribution in [-0.2, 0) is 4.79 Å². The van der Waals surface area contributed by atoms with Crippen LogP contribution in [-0.4, -0.2) is 29.6 Å². The molecule has 0 aliphatic heterocycles. The number of carbonyl (C=O) groups is 1. The highest BCUT2D eigenvalue weighted by atomic mass is 79.9. The van der Waals surface area contributed by atoms with Crippen LogP contribution in [0, 0.1) is 5.92 Å². The molecule has 9 heteroatoms. The summed E-state index contributed by atoms with van der Waals surface area (Å²) in [6.07, 6.45) is -10.4. The molecular formula is C9H12BrF6NO. The van der Waals surface area contributed by atoms with Crippen LogP contribution in [0.15, 0.2) is 0 Å². The van der Waals surface area contributed by atoms with Crippen molar-refractivity contribution in [3.8, 4) is 0 Å². The maximum absolute atomic E-state index is 12.1. The van der Waals surface area contributed by atoms with Gasteiger partial charge in [0.05, 0.1) is 0 Å². The fraction of sp³-hybridized carbons (Fsp3) is 0.889. The fourth-order valence-corrected chi connectivity index (χ4v) is 1.50. The Morgan fingerprint density at radius 1 is 1.17 bits per heavy atom. The lowest BCUT2D eigenvalue weighted by Gasteiger charge is -2.22. The number of alkyl halides is 7. The summed E-state index contributed by atoms with van der Waals surface area (Å²) < 4.78 is 72.7. The first-order valence-corrected chi connectivity index (χ1v) is 5.93. The Balaban J connectivity index is 4.43. The van der Waals surface area contributed by atoms with Crippen LogP contribution in [0.1, 0.15) is 19.8 Å². The second kappa shape index (κ2) is 6.63. The van der Waals surface area contributed by atoms with Gasteiger partial charge in [-0.3, -0.25) is 4.79 Å². The van der Waals surface area contributed by atoms with Gasteiger partial charge in [-0.25, -0.2) is 0 Å². The van der Waals surface area contributed by atoms with Crippen molar-refractivity contribution in [2.45, 2.75) is 36.9 Å². The van der Waals surface area contributed by atoms with Gasteiger partial charge in [-0.2, -0.15) is 26.3 Å². The van der Waals surface area contributed by atoms with E-state index in [-0.39, 0.29) is 11.4 Å². The van der Waals surface area contributed by atoms with Crippen molar-refractivity contribution < 1.29 is 31.1 Å². The molecule has 0 aromatic rings. The van der Waals surface area contributed by atoms with Crippen molar-refractivity contribution in [2.75, 3.05) is 6.54 Å². The number of nitrogens with one attached hydrogen (secondary N) is 1. The van der Waals surface area contributed by atoms with Gasteiger partial charge in [0.1, 0.15) is 0 Å². The largest absolute Gasteiger partial charge is 0.409 e. The van der Waals surface area contributed by atoms with Crippen LogP contribution < -0.4 is 5.32 Å². The molecule has 1 unspecified atom stereocenters. The molecule has 0 aromatic carbocycles. The van der Waals surface area contributed by atoms with Gasteiger partial charge in [0, 0.05) is 11.4 Å². The van der Waals surface area contributed by atoms with Crippen LogP contribution in [0.4, 0.5) is 26.3 Å². The molecule has 2 nitrogen and oxygen atoms in total. The predicted octanol–water partition coefficient (Wildman–Crippen LogP) is 3.41. The zero-order chi connectivity index (χ0) is 14.6. The van der Waals surface area contributed by atoms with Gasteiger partial charge in [0.2, 0.25) is 11.8 Å². The molecule has 0 heterocycles. The minimum absolute atomic E-state index is 0.0791. The molecule has 18 heavy (non-hydrogen) atoms. The Hall–Kier alpha value is -0.470. The van der Waals surface area contributed by atoms with E-state index in [0.29, 0.717) is 12.8 Å². The first kappa shape index (κ1) is 17.5. The highest BCUT2D eigenvalue weighted by molar-refractivity contribution is 9.09. The van der Waals surface area contributed by atoms with Crippen LogP contribution in [0.5, 0.6) is 0 Å². The summed E-state index contributed by atoms with van der Waals surface area (Å²) in [5, 5.41) is 1.65. The molecular weight excluding hydrogens is 332 g/mol. The first-order valence-electron chi connectivity index (χ1n) is 5.01. The van der Waals surface area contributed by atoms with Crippen LogP contribution in [0.2, 0.25) is 0 Å². The second-order valence-corrected chi connectivity index (χ2v) is 5.29. The topological polar surface area (TPSA) is 29.1 Å². The lowest BCUT2D eigenvalue weighted by atomic mass is 10.1. The van der Waals surface area contributed by atoms with Crippen molar-refractivity contribution >= 4 is 21.8 Å². The van der Waals surface area contributed by atoms with Gasteiger partial charge in [0.15, 0.2) is 0 Å². The summed E-state index contributed by atoms with van der Waals surface area (Å²) in [4.78, 5) is 11.0. The third-order valence-corrected chi connectivity index (χ3v) is 2.45. The van der Waals surface area contributed by atoms with E-state index in [1.54, 1.807) is 12.2 Å². The second-order valence-electron chi connectivity index (χ2n) is 3.73. The van der Waals surface area contributed by atoms with E-state index in [4.69, 9.17) is 0 Å². The van der Waals surface area contributed by atoms with Gasteiger partial charge < -0.3 is 5.32 Å². The Bertz CT molecular complexity index is 261. The van der Waals surface area contributed by atoms with Crippen LogP contribution in [0.3, 0.4) is 0 Å². The van der Waals surface area contributed by atoms with Crippen molar-refractivity contribution in [3.63, 3.8) is 0 Å². The maximum atomic E-state index is 12.1. The normalized spacial score (nSPS) is 14.7. The van der Waals surface area contributed by atoms with Crippen molar-refractivity contribution in [1.29, 1.82) is 0 Å². The van der Waals surface area contributed by atoms with Crippen LogP contribution in [0.25, 0.3) is 0 Å². The summed E-state index contributed by atoms with van der Waals surface area (Å²) in [5.74, 6) is -6.02. The smallest absolute Gasteiger partial charge is 0.355 e. The number of hydrogen-bond acceptors (Lipinski definition) is 1. The standard InChI is InChI=1S/C9H12BrF6NO/c1-5(10)3-2-4-17-7(18)6(8(11,12)13)9(14,15)16/h5-6H,2-4H2,1H3,(H,17,18). The third kappa shape index (κ3) is 6.46. The molecule has 0 aliphatic rings. The molecule has 1 N–H and O–H groups in total. The summed E-state index contributed by atoms with van der Waals surface area (Å²) >= 11 is 3.16. The molecule has 108 valence electrons. The van der Waals surface area contributed by atoms with E-state index in [1.165, 1.54) is 0 Å². The Labute approximate surface area is 108 Å². The number of carbonyl (C=O) groups excluding carboxylic acids is 1. The molecule has 0 rings (SSSR count). The number of hydrogen-bond donors (Lipinski definition) is 1. The lowest BCUT2D eigenvalue weighted by molar-refractivity contribution is -0.274. The molecule has 0 saturated carbocycles. The molecule has 0 saturated heterocycles. The molecule has 0 aliphatic carbocycles. The van der Waals surface area contributed by atoms with Crippen molar-refractivity contribution in [2.24, 2.45) is 5.92 Å². The Kier molecular flexibility index (Phi) is 6.45. The van der Waals surface area contributed by atoms with Gasteiger partial charge in [-0.1, -0.05) is 22.9 Å². The number of amides is 1. The minimum atomic E-state index is -5.63. The predicted molar refractivity (Wildman–Crippen MR) is 56.2 cm³/mol. The van der Waals surface area contributed by atoms with E-state index in [0.717, 1.165) is 0 Å². The summed E-state index contributed by atoms with van der Waals surface area (Å²) in [6, 6.07) is 0.